The van der Waals surface area contributed by atoms with Crippen LogP contribution >= 0.6 is 15.9 Å². The molecule has 2 fully saturated rings. The van der Waals surface area contributed by atoms with Gasteiger partial charge in [-0.05, 0) is 30.3 Å². The van der Waals surface area contributed by atoms with Gasteiger partial charge in [0, 0.05) is 27.4 Å². The van der Waals surface area contributed by atoms with Crippen LogP contribution in [0.15, 0.2) is 113 Å². The summed E-state index contributed by atoms with van der Waals surface area (Å²) in [5.41, 5.74) is 1.89. The standard InChI is InChI=1S/C30H21BrN2O4/c31-21-13-11-19(12-14-21)28(35)26-25-24(29(36)33(30(25)37)22-9-5-2-6-10-22)23-17-20(15-16-32(23)26)27(34)18-7-3-1-4-8-18/h1-17,23-26H/t23-,24+,25-,26+/m1/s1. The summed E-state index contributed by atoms with van der Waals surface area (Å²) in [4.78, 5) is 57.6. The van der Waals surface area contributed by atoms with Crippen LogP contribution in [0.25, 0.3) is 0 Å². The summed E-state index contributed by atoms with van der Waals surface area (Å²) >= 11 is 3.39. The molecule has 7 heteroatoms. The number of ketones is 2. The molecule has 0 aliphatic carbocycles. The maximum Gasteiger partial charge on any atom is 0.240 e. The molecule has 6 rings (SSSR count). The number of benzene rings is 3. The van der Waals surface area contributed by atoms with Crippen molar-refractivity contribution < 1.29 is 19.2 Å². The summed E-state index contributed by atoms with van der Waals surface area (Å²) < 4.78 is 0.832. The summed E-state index contributed by atoms with van der Waals surface area (Å²) in [6.45, 7) is 0. The Kier molecular flexibility index (Phi) is 5.72. The third-order valence-corrected chi connectivity index (χ3v) is 7.79. The molecule has 3 aromatic carbocycles. The first-order valence-electron chi connectivity index (χ1n) is 12.0. The van der Waals surface area contributed by atoms with E-state index in [9.17, 15) is 19.2 Å². The van der Waals surface area contributed by atoms with E-state index in [4.69, 9.17) is 0 Å². The Morgan fingerprint density at radius 1 is 0.730 bits per heavy atom. The molecule has 0 radical (unpaired) electrons. The Morgan fingerprint density at radius 3 is 2.03 bits per heavy atom. The van der Waals surface area contributed by atoms with Crippen LogP contribution in [0.5, 0.6) is 0 Å². The molecule has 37 heavy (non-hydrogen) atoms. The summed E-state index contributed by atoms with van der Waals surface area (Å²) in [5, 5.41) is 0. The molecule has 3 aromatic rings. The molecule has 3 aliphatic rings. The number of hydrogen-bond acceptors (Lipinski definition) is 5. The second-order valence-corrected chi connectivity index (χ2v) is 10.2. The van der Waals surface area contributed by atoms with Gasteiger partial charge in [-0.3, -0.25) is 19.2 Å². The van der Waals surface area contributed by atoms with Crippen LogP contribution < -0.4 is 4.90 Å². The van der Waals surface area contributed by atoms with Crippen molar-refractivity contribution in [2.24, 2.45) is 11.8 Å². The molecule has 0 N–H and O–H groups in total. The Morgan fingerprint density at radius 2 is 1.35 bits per heavy atom. The van der Waals surface area contributed by atoms with E-state index in [1.165, 1.54) is 4.90 Å². The van der Waals surface area contributed by atoms with Gasteiger partial charge >= 0.3 is 0 Å². The number of rotatable bonds is 5. The van der Waals surface area contributed by atoms with Gasteiger partial charge in [-0.1, -0.05) is 82.7 Å². The van der Waals surface area contributed by atoms with Crippen LogP contribution in [-0.4, -0.2) is 40.4 Å². The molecule has 3 aliphatic heterocycles. The van der Waals surface area contributed by atoms with Gasteiger partial charge in [0.25, 0.3) is 0 Å². The summed E-state index contributed by atoms with van der Waals surface area (Å²) in [6, 6.07) is 23.1. The lowest BCUT2D eigenvalue weighted by Gasteiger charge is -2.32. The highest BCUT2D eigenvalue weighted by Gasteiger charge is 2.63. The quantitative estimate of drug-likeness (QED) is 0.335. The van der Waals surface area contributed by atoms with Gasteiger partial charge in [0.2, 0.25) is 11.8 Å². The fourth-order valence-electron chi connectivity index (χ4n) is 5.57. The second-order valence-electron chi connectivity index (χ2n) is 9.29. The van der Waals surface area contributed by atoms with E-state index in [-0.39, 0.29) is 17.5 Å². The third kappa shape index (κ3) is 3.78. The molecular formula is C30H21BrN2O4. The number of halogens is 1. The van der Waals surface area contributed by atoms with Gasteiger partial charge in [-0.2, -0.15) is 0 Å². The van der Waals surface area contributed by atoms with Gasteiger partial charge in [0.15, 0.2) is 11.6 Å². The average molecular weight is 553 g/mol. The highest BCUT2D eigenvalue weighted by Crippen LogP contribution is 2.47. The first kappa shape index (κ1) is 23.3. The number of carbonyl (C=O) groups is 4. The van der Waals surface area contributed by atoms with E-state index in [0.29, 0.717) is 22.4 Å². The van der Waals surface area contributed by atoms with Gasteiger partial charge in [0.05, 0.1) is 23.6 Å². The van der Waals surface area contributed by atoms with E-state index >= 15 is 0 Å². The lowest BCUT2D eigenvalue weighted by atomic mass is 9.85. The van der Waals surface area contributed by atoms with E-state index in [2.05, 4.69) is 15.9 Å². The zero-order valence-electron chi connectivity index (χ0n) is 19.5. The van der Waals surface area contributed by atoms with Crippen molar-refractivity contribution in [3.05, 3.63) is 124 Å². The van der Waals surface area contributed by atoms with E-state index in [0.717, 1.165) is 4.47 Å². The third-order valence-electron chi connectivity index (χ3n) is 7.26. The second kappa shape index (κ2) is 9.09. The van der Waals surface area contributed by atoms with Gasteiger partial charge in [0.1, 0.15) is 6.04 Å². The van der Waals surface area contributed by atoms with Crippen molar-refractivity contribution in [3.63, 3.8) is 0 Å². The van der Waals surface area contributed by atoms with Crippen molar-refractivity contribution in [1.82, 2.24) is 4.90 Å². The zero-order valence-corrected chi connectivity index (χ0v) is 21.1. The Hall–Kier alpha value is -4.10. The van der Waals surface area contributed by atoms with Gasteiger partial charge in [-0.25, -0.2) is 4.90 Å². The Balaban J connectivity index is 1.43. The molecule has 6 nitrogen and oxygen atoms in total. The minimum atomic E-state index is -0.874. The van der Waals surface area contributed by atoms with Crippen molar-refractivity contribution in [2.45, 2.75) is 12.1 Å². The number of amides is 2. The molecule has 2 saturated heterocycles. The van der Waals surface area contributed by atoms with Gasteiger partial charge < -0.3 is 4.90 Å². The topological polar surface area (TPSA) is 74.8 Å². The van der Waals surface area contributed by atoms with Crippen LogP contribution in [0, 0.1) is 11.8 Å². The SMILES string of the molecule is O=C(C1=C[C@@H]2[C@@H]3C(=O)N(c4ccccc4)C(=O)[C@H]3[C@@H](C(=O)c3ccc(Br)cc3)N2C=C1)c1ccccc1. The molecule has 0 unspecified atom stereocenters. The number of hydrogen-bond donors (Lipinski definition) is 0. The lowest BCUT2D eigenvalue weighted by Crippen LogP contribution is -2.46. The van der Waals surface area contributed by atoms with Crippen molar-refractivity contribution >= 4 is 45.0 Å². The fraction of sp³-hybridized carbons (Fsp3) is 0.133. The van der Waals surface area contributed by atoms with Crippen LogP contribution in [0.2, 0.25) is 0 Å². The number of fused-ring (bicyclic) bond motifs is 3. The number of imide groups is 1. The largest absolute Gasteiger partial charge is 0.359 e. The molecule has 0 bridgehead atoms. The minimum absolute atomic E-state index is 0.174. The average Bonchev–Trinajstić information content (AvgIpc) is 3.40. The minimum Gasteiger partial charge on any atom is -0.359 e. The molecule has 4 atom stereocenters. The molecule has 2 amide bonds. The maximum atomic E-state index is 13.8. The van der Waals surface area contributed by atoms with Crippen LogP contribution in [0.3, 0.4) is 0 Å². The molecule has 0 spiro atoms. The van der Waals surface area contributed by atoms with E-state index < -0.39 is 29.8 Å². The predicted octanol–water partition coefficient (Wildman–Crippen LogP) is 4.83. The first-order chi connectivity index (χ1) is 18.0. The molecule has 182 valence electrons. The van der Waals surface area contributed by atoms with Crippen LogP contribution in [0.4, 0.5) is 5.69 Å². The maximum absolute atomic E-state index is 13.8. The van der Waals surface area contributed by atoms with Gasteiger partial charge in [-0.15, -0.1) is 0 Å². The summed E-state index contributed by atoms with van der Waals surface area (Å²) in [7, 11) is 0. The summed E-state index contributed by atoms with van der Waals surface area (Å²) in [5.74, 6) is -2.84. The normalized spacial score (nSPS) is 24.1. The number of anilines is 1. The number of carbonyl (C=O) groups excluding carboxylic acids is 4. The van der Waals surface area contributed by atoms with E-state index in [1.807, 2.05) is 12.1 Å². The Labute approximate surface area is 222 Å². The molecule has 0 aromatic heterocycles. The molecule has 3 heterocycles. The fourth-order valence-corrected chi connectivity index (χ4v) is 5.83. The van der Waals surface area contributed by atoms with Crippen LogP contribution in [0.1, 0.15) is 20.7 Å². The monoisotopic (exact) mass is 552 g/mol. The smallest absolute Gasteiger partial charge is 0.240 e. The zero-order chi connectivity index (χ0) is 25.7. The number of para-hydroxylation sites is 1. The number of allylic oxidation sites excluding steroid dienone is 2. The summed E-state index contributed by atoms with van der Waals surface area (Å²) in [6.07, 6.45) is 5.09. The molecule has 0 saturated carbocycles. The van der Waals surface area contributed by atoms with Crippen molar-refractivity contribution in [1.29, 1.82) is 0 Å². The molecular weight excluding hydrogens is 532 g/mol. The highest BCUT2D eigenvalue weighted by molar-refractivity contribution is 9.10. The van der Waals surface area contributed by atoms with Crippen molar-refractivity contribution in [2.75, 3.05) is 4.90 Å². The first-order valence-corrected chi connectivity index (χ1v) is 12.7. The van der Waals surface area contributed by atoms with E-state index in [1.54, 1.807) is 96.0 Å². The lowest BCUT2D eigenvalue weighted by molar-refractivity contribution is -0.123. The number of nitrogens with zero attached hydrogens (tertiary/aromatic N) is 2. The highest BCUT2D eigenvalue weighted by atomic mass is 79.9. The van der Waals surface area contributed by atoms with Crippen LogP contribution in [-0.2, 0) is 9.59 Å². The Bertz CT molecular complexity index is 1480. The predicted molar refractivity (Wildman–Crippen MR) is 142 cm³/mol. The number of Topliss-reactive ketones (excluding diaryl/α,β-unsaturated/α-hetero) is 2. The van der Waals surface area contributed by atoms with Crippen molar-refractivity contribution in [3.8, 4) is 0 Å².